The summed E-state index contributed by atoms with van der Waals surface area (Å²) in [5, 5.41) is 0. The lowest BCUT2D eigenvalue weighted by molar-refractivity contribution is -0.143. The van der Waals surface area contributed by atoms with Crippen LogP contribution in [0.25, 0.3) is 0 Å². The average Bonchev–Trinajstić information content (AvgIpc) is 3.02. The third-order valence-electron chi connectivity index (χ3n) is 7.20. The van der Waals surface area contributed by atoms with E-state index in [0.717, 1.165) is 11.8 Å². The Morgan fingerprint density at radius 1 is 1.02 bits per heavy atom. The summed E-state index contributed by atoms with van der Waals surface area (Å²) >= 11 is 0. The molecule has 1 unspecified atom stereocenters. The van der Waals surface area contributed by atoms with E-state index in [1.54, 1.807) is 13.8 Å². The quantitative estimate of drug-likeness (QED) is 0.338. The number of hydrogen-bond acceptors (Lipinski definition) is 3. The molecule has 0 saturated carbocycles. The summed E-state index contributed by atoms with van der Waals surface area (Å²) in [5.74, 6) is -3.88. The van der Waals surface area contributed by atoms with Crippen molar-refractivity contribution in [3.05, 3.63) is 63.7 Å². The van der Waals surface area contributed by atoms with Crippen LogP contribution >= 0.6 is 0 Å². The van der Waals surface area contributed by atoms with E-state index in [-0.39, 0.29) is 48.7 Å². The molecule has 4 rings (SSSR count). The molecule has 2 amide bonds. The van der Waals surface area contributed by atoms with Crippen molar-refractivity contribution in [2.24, 2.45) is 0 Å². The van der Waals surface area contributed by atoms with Crippen LogP contribution in [0.2, 0.25) is 0 Å². The fraction of sp³-hybridized carbons (Fsp3) is 0.500. The van der Waals surface area contributed by atoms with Gasteiger partial charge in [0.25, 0.3) is 5.92 Å². The molecule has 0 fully saturated rings. The molecule has 2 aliphatic rings. The van der Waals surface area contributed by atoms with Crippen molar-refractivity contribution in [2.75, 3.05) is 11.4 Å². The Morgan fingerprint density at radius 3 is 2.17 bits per heavy atom. The molecule has 41 heavy (non-hydrogen) atoms. The summed E-state index contributed by atoms with van der Waals surface area (Å²) in [4.78, 5) is 28.2. The van der Waals surface area contributed by atoms with Gasteiger partial charge in [0, 0.05) is 32.0 Å². The molecule has 1 atom stereocenters. The van der Waals surface area contributed by atoms with Gasteiger partial charge in [0.1, 0.15) is 0 Å². The predicted octanol–water partition coefficient (Wildman–Crippen LogP) is 8.00. The molecule has 1 aliphatic carbocycles. The molecule has 2 aromatic carbocycles. The molecule has 0 bridgehead atoms. The van der Waals surface area contributed by atoms with Crippen LogP contribution < -0.4 is 4.90 Å². The molecule has 0 N–H and O–H groups in total. The summed E-state index contributed by atoms with van der Waals surface area (Å²) in [6, 6.07) is 2.68. The van der Waals surface area contributed by atoms with Crippen LogP contribution in [0.3, 0.4) is 0 Å². The van der Waals surface area contributed by atoms with E-state index in [9.17, 15) is 44.7 Å². The maximum Gasteiger partial charge on any atom is 0.416 e. The zero-order valence-electron chi connectivity index (χ0n) is 22.4. The van der Waals surface area contributed by atoms with Gasteiger partial charge in [-0.3, -0.25) is 9.69 Å². The van der Waals surface area contributed by atoms with Crippen LogP contribution in [0, 0.1) is 0 Å². The number of ether oxygens (including phenoxy) is 1. The number of rotatable bonds is 4. The fourth-order valence-corrected chi connectivity index (χ4v) is 5.37. The van der Waals surface area contributed by atoms with Gasteiger partial charge in [0.15, 0.2) is 0 Å². The second kappa shape index (κ2) is 10.8. The highest BCUT2D eigenvalue weighted by atomic mass is 19.4. The fourth-order valence-electron chi connectivity index (χ4n) is 5.37. The minimum Gasteiger partial charge on any atom is -0.446 e. The SMILES string of the molecule is CC(=O)N(Cc1cc(C(F)(F)F)cc(C(F)(F)F)c1)C1CCCN(C(=O)OC(C)C)c2cc3c(cc21)C(F)(F)CC3. The molecule has 0 aromatic heterocycles. The van der Waals surface area contributed by atoms with Crippen LogP contribution in [0.4, 0.5) is 45.6 Å². The first-order valence-electron chi connectivity index (χ1n) is 13.0. The molecule has 0 radical (unpaired) electrons. The molecular formula is C28H28F8N2O3. The van der Waals surface area contributed by atoms with E-state index in [2.05, 4.69) is 0 Å². The standard InChI is InChI=1S/C28H28F8N2O3/c1-15(2)41-25(40)37-8-4-5-23(21-13-22-18(11-24(21)37)6-7-26(22,29)30)38(16(3)39)14-17-9-19(27(31,32)33)12-20(10-17)28(34,35)36/h9-13,15,23H,4-8,14H2,1-3H3. The van der Waals surface area contributed by atoms with Gasteiger partial charge in [-0.1, -0.05) is 0 Å². The van der Waals surface area contributed by atoms with Crippen LogP contribution in [0.15, 0.2) is 30.3 Å². The minimum absolute atomic E-state index is 0.00778. The Bertz CT molecular complexity index is 1300. The number of fused-ring (bicyclic) bond motifs is 2. The van der Waals surface area contributed by atoms with Crippen molar-refractivity contribution in [1.29, 1.82) is 0 Å². The molecule has 0 saturated heterocycles. The molecule has 2 aromatic rings. The second-order valence-corrected chi connectivity index (χ2v) is 10.6. The second-order valence-electron chi connectivity index (χ2n) is 10.6. The first kappa shape index (κ1) is 30.6. The first-order valence-corrected chi connectivity index (χ1v) is 13.0. The van der Waals surface area contributed by atoms with Crippen molar-refractivity contribution in [2.45, 2.75) is 83.4 Å². The summed E-state index contributed by atoms with van der Waals surface area (Å²) in [6.07, 6.45) is -11.5. The van der Waals surface area contributed by atoms with Gasteiger partial charge in [-0.25, -0.2) is 13.6 Å². The van der Waals surface area contributed by atoms with E-state index >= 15 is 0 Å². The lowest BCUT2D eigenvalue weighted by Crippen LogP contribution is -2.35. The first-order chi connectivity index (χ1) is 18.9. The number of carbonyl (C=O) groups excluding carboxylic acids is 2. The number of aryl methyl sites for hydroxylation is 1. The van der Waals surface area contributed by atoms with E-state index < -0.39 is 72.1 Å². The highest BCUT2D eigenvalue weighted by Crippen LogP contribution is 2.48. The van der Waals surface area contributed by atoms with Gasteiger partial charge < -0.3 is 9.64 Å². The molecule has 224 valence electrons. The number of hydrogen-bond donors (Lipinski definition) is 0. The predicted molar refractivity (Wildman–Crippen MR) is 132 cm³/mol. The van der Waals surface area contributed by atoms with Gasteiger partial charge in [-0.05, 0) is 80.1 Å². The Morgan fingerprint density at radius 2 is 1.63 bits per heavy atom. The summed E-state index contributed by atoms with van der Waals surface area (Å²) in [5.41, 5.74) is -3.14. The van der Waals surface area contributed by atoms with Gasteiger partial charge in [-0.2, -0.15) is 26.3 Å². The normalized spacial score (nSPS) is 18.5. The lowest BCUT2D eigenvalue weighted by atomic mass is 9.94. The maximum atomic E-state index is 14.8. The van der Waals surface area contributed by atoms with Gasteiger partial charge >= 0.3 is 18.4 Å². The van der Waals surface area contributed by atoms with Crippen LogP contribution in [0.5, 0.6) is 0 Å². The molecule has 13 heteroatoms. The Balaban J connectivity index is 1.84. The van der Waals surface area contributed by atoms with Crippen molar-refractivity contribution >= 4 is 17.7 Å². The van der Waals surface area contributed by atoms with Crippen molar-refractivity contribution in [3.63, 3.8) is 0 Å². The van der Waals surface area contributed by atoms with Crippen LogP contribution in [-0.2, 0) is 40.8 Å². The Kier molecular flexibility index (Phi) is 8.05. The largest absolute Gasteiger partial charge is 0.446 e. The van der Waals surface area contributed by atoms with Crippen molar-refractivity contribution in [1.82, 2.24) is 4.90 Å². The smallest absolute Gasteiger partial charge is 0.416 e. The van der Waals surface area contributed by atoms with Crippen molar-refractivity contribution in [3.8, 4) is 0 Å². The van der Waals surface area contributed by atoms with Crippen molar-refractivity contribution < 1.29 is 49.4 Å². The van der Waals surface area contributed by atoms with E-state index in [1.807, 2.05) is 0 Å². The third-order valence-corrected chi connectivity index (χ3v) is 7.20. The highest BCUT2D eigenvalue weighted by Gasteiger charge is 2.43. The number of anilines is 1. The number of halogens is 8. The Labute approximate surface area is 231 Å². The summed E-state index contributed by atoms with van der Waals surface area (Å²) in [6.45, 7) is 3.79. The zero-order chi connectivity index (χ0) is 30.5. The topological polar surface area (TPSA) is 49.9 Å². The number of benzene rings is 2. The summed E-state index contributed by atoms with van der Waals surface area (Å²) < 4.78 is 116. The monoisotopic (exact) mass is 592 g/mol. The van der Waals surface area contributed by atoms with E-state index in [0.29, 0.717) is 17.7 Å². The third kappa shape index (κ3) is 6.43. The average molecular weight is 593 g/mol. The molecule has 0 spiro atoms. The van der Waals surface area contributed by atoms with Gasteiger partial charge in [0.05, 0.1) is 29.0 Å². The highest BCUT2D eigenvalue weighted by molar-refractivity contribution is 5.90. The maximum absolute atomic E-state index is 14.8. The number of carbonyl (C=O) groups is 2. The molecule has 1 aliphatic heterocycles. The molecule has 1 heterocycles. The van der Waals surface area contributed by atoms with Crippen LogP contribution in [-0.4, -0.2) is 29.5 Å². The minimum atomic E-state index is -5.09. The van der Waals surface area contributed by atoms with Crippen LogP contribution in [0.1, 0.15) is 79.5 Å². The van der Waals surface area contributed by atoms with E-state index in [4.69, 9.17) is 4.74 Å². The number of alkyl halides is 8. The number of amides is 2. The zero-order valence-corrected chi connectivity index (χ0v) is 22.4. The van der Waals surface area contributed by atoms with Gasteiger partial charge in [-0.15, -0.1) is 0 Å². The lowest BCUT2D eigenvalue weighted by Gasteiger charge is -2.33. The van der Waals surface area contributed by atoms with E-state index in [1.165, 1.54) is 17.0 Å². The summed E-state index contributed by atoms with van der Waals surface area (Å²) in [7, 11) is 0. The molecule has 5 nitrogen and oxygen atoms in total. The Hall–Kier alpha value is -3.38. The molecular weight excluding hydrogens is 564 g/mol. The number of nitrogens with zero attached hydrogens (tertiary/aromatic N) is 2. The van der Waals surface area contributed by atoms with Gasteiger partial charge in [0.2, 0.25) is 5.91 Å².